The van der Waals surface area contributed by atoms with Gasteiger partial charge in [-0.1, -0.05) is 0 Å². The third kappa shape index (κ3) is 7.71. The molecule has 2 atom stereocenters. The maximum absolute atomic E-state index is 13.2. The quantitative estimate of drug-likeness (QED) is 0.260. The first-order chi connectivity index (χ1) is 17.6. The Hall–Kier alpha value is -3.06. The molecule has 13 heteroatoms. The van der Waals surface area contributed by atoms with Gasteiger partial charge in [0.1, 0.15) is 6.04 Å². The molecule has 2 heterocycles. The summed E-state index contributed by atoms with van der Waals surface area (Å²) in [5.74, 6) is 0.310. The maximum Gasteiger partial charge on any atom is 0.241 e. The smallest absolute Gasteiger partial charge is 0.241 e. The Morgan fingerprint density at radius 2 is 1.84 bits per heavy atom. The van der Waals surface area contributed by atoms with Crippen LogP contribution in [0.15, 0.2) is 23.1 Å². The normalized spacial score (nSPS) is 21.1. The average molecular weight is 539 g/mol. The van der Waals surface area contributed by atoms with Crippen LogP contribution in [0.5, 0.6) is 11.5 Å². The first kappa shape index (κ1) is 28.5. The predicted octanol–water partition coefficient (Wildman–Crippen LogP) is 0.475. The summed E-state index contributed by atoms with van der Waals surface area (Å²) in [4.78, 5) is 29.1. The molecular weight excluding hydrogens is 500 g/mol. The number of nitrogens with zero attached hydrogens (tertiary/aromatic N) is 2. The number of carbonyl (C=O) groups excluding carboxylic acids is 2. The van der Waals surface area contributed by atoms with E-state index in [-0.39, 0.29) is 35.0 Å². The van der Waals surface area contributed by atoms with Crippen LogP contribution in [0.2, 0.25) is 0 Å². The number of benzene rings is 1. The number of sulfonamides is 1. The van der Waals surface area contributed by atoms with Crippen molar-refractivity contribution >= 4 is 27.8 Å². The van der Waals surface area contributed by atoms with Crippen LogP contribution >= 0.6 is 0 Å². The van der Waals surface area contributed by atoms with Gasteiger partial charge in [0.05, 0.1) is 25.7 Å². The van der Waals surface area contributed by atoms with Gasteiger partial charge in [-0.2, -0.15) is 4.72 Å². The number of nitrogens with one attached hydrogen (secondary N) is 3. The Morgan fingerprint density at radius 3 is 2.54 bits per heavy atom. The zero-order chi connectivity index (χ0) is 27.0. The van der Waals surface area contributed by atoms with E-state index in [2.05, 4.69) is 10.0 Å². The average Bonchev–Trinajstić information content (AvgIpc) is 3.21. The van der Waals surface area contributed by atoms with E-state index < -0.39 is 22.0 Å². The van der Waals surface area contributed by atoms with Gasteiger partial charge in [0, 0.05) is 32.2 Å². The second-order valence-electron chi connectivity index (χ2n) is 9.42. The number of rotatable bonds is 9. The fraction of sp³-hybridized carbons (Fsp3) is 0.625. The first-order valence-electron chi connectivity index (χ1n) is 12.5. The molecule has 0 aromatic heterocycles. The Kier molecular flexibility index (Phi) is 9.98. The molecule has 206 valence electrons. The second kappa shape index (κ2) is 13.0. The number of amides is 2. The number of guanidine groups is 1. The minimum atomic E-state index is -4.02. The summed E-state index contributed by atoms with van der Waals surface area (Å²) in [6.45, 7) is 2.17. The van der Waals surface area contributed by atoms with E-state index in [0.717, 1.165) is 25.8 Å². The summed E-state index contributed by atoms with van der Waals surface area (Å²) < 4.78 is 39.0. The van der Waals surface area contributed by atoms with Gasteiger partial charge in [-0.15, -0.1) is 0 Å². The molecule has 0 spiro atoms. The van der Waals surface area contributed by atoms with Crippen LogP contribution in [-0.2, 0) is 19.6 Å². The molecule has 0 radical (unpaired) electrons. The molecule has 2 fully saturated rings. The summed E-state index contributed by atoms with van der Waals surface area (Å²) >= 11 is 0. The number of nitrogens with two attached hydrogens (primary N) is 1. The zero-order valence-corrected chi connectivity index (χ0v) is 22.3. The van der Waals surface area contributed by atoms with Crippen LogP contribution in [0.3, 0.4) is 0 Å². The summed E-state index contributed by atoms with van der Waals surface area (Å²) in [6, 6.07) is 3.26. The van der Waals surface area contributed by atoms with Gasteiger partial charge < -0.3 is 30.3 Å². The van der Waals surface area contributed by atoms with Crippen LogP contribution in [0, 0.1) is 11.3 Å². The Bertz CT molecular complexity index is 1080. The van der Waals surface area contributed by atoms with Crippen molar-refractivity contribution in [2.75, 3.05) is 46.9 Å². The number of ether oxygens (including phenoxy) is 2. The minimum Gasteiger partial charge on any atom is -0.493 e. The molecule has 0 saturated carbocycles. The van der Waals surface area contributed by atoms with Crippen molar-refractivity contribution in [3.05, 3.63) is 18.2 Å². The maximum atomic E-state index is 13.2. The molecule has 2 saturated heterocycles. The number of hydrogen-bond donors (Lipinski definition) is 4. The minimum absolute atomic E-state index is 0.0433. The van der Waals surface area contributed by atoms with Gasteiger partial charge in [-0.25, -0.2) is 8.42 Å². The highest BCUT2D eigenvalue weighted by molar-refractivity contribution is 7.89. The van der Waals surface area contributed by atoms with E-state index in [1.807, 2.05) is 4.90 Å². The highest BCUT2D eigenvalue weighted by atomic mass is 32.2. The number of likely N-dealkylation sites (tertiary alicyclic amines) is 2. The largest absolute Gasteiger partial charge is 0.493 e. The Labute approximate surface area is 218 Å². The summed E-state index contributed by atoms with van der Waals surface area (Å²) in [5.41, 5.74) is 5.59. The van der Waals surface area contributed by atoms with Crippen molar-refractivity contribution < 1.29 is 27.5 Å². The van der Waals surface area contributed by atoms with E-state index in [1.165, 1.54) is 37.3 Å². The first-order valence-corrected chi connectivity index (χ1v) is 14.0. The van der Waals surface area contributed by atoms with Crippen molar-refractivity contribution in [1.29, 1.82) is 5.41 Å². The fourth-order valence-electron chi connectivity index (χ4n) is 4.71. The molecule has 2 amide bonds. The SMILES string of the molecule is COc1ccc(S(=O)(=O)N[C@H]2CCCCN(CC(=O)NCC3CCCN(C(=N)N)CC3)C2=O)cc1OC. The van der Waals surface area contributed by atoms with E-state index in [9.17, 15) is 18.0 Å². The lowest BCUT2D eigenvalue weighted by molar-refractivity contribution is -0.136. The van der Waals surface area contributed by atoms with E-state index in [0.29, 0.717) is 44.6 Å². The molecule has 1 aromatic rings. The van der Waals surface area contributed by atoms with Crippen molar-refractivity contribution in [2.24, 2.45) is 11.7 Å². The van der Waals surface area contributed by atoms with Crippen LogP contribution in [0.4, 0.5) is 0 Å². The third-order valence-electron chi connectivity index (χ3n) is 6.85. The molecule has 3 rings (SSSR count). The predicted molar refractivity (Wildman–Crippen MR) is 138 cm³/mol. The van der Waals surface area contributed by atoms with E-state index in [4.69, 9.17) is 20.6 Å². The molecule has 2 aliphatic heterocycles. The molecular formula is C24H38N6O6S. The van der Waals surface area contributed by atoms with Gasteiger partial charge in [0.25, 0.3) is 0 Å². The van der Waals surface area contributed by atoms with E-state index >= 15 is 0 Å². The Morgan fingerprint density at radius 1 is 1.08 bits per heavy atom. The van der Waals surface area contributed by atoms with Gasteiger partial charge in [-0.3, -0.25) is 15.0 Å². The summed E-state index contributed by atoms with van der Waals surface area (Å²) in [5, 5.41) is 10.5. The Balaban J connectivity index is 1.58. The van der Waals surface area contributed by atoms with Gasteiger partial charge in [0.2, 0.25) is 21.8 Å². The molecule has 0 aliphatic carbocycles. The van der Waals surface area contributed by atoms with Gasteiger partial charge in [0.15, 0.2) is 17.5 Å². The highest BCUT2D eigenvalue weighted by Crippen LogP contribution is 2.29. The van der Waals surface area contributed by atoms with Gasteiger partial charge in [-0.05, 0) is 56.6 Å². The lowest BCUT2D eigenvalue weighted by Crippen LogP contribution is -2.50. The fourth-order valence-corrected chi connectivity index (χ4v) is 5.95. The molecule has 5 N–H and O–H groups in total. The molecule has 0 bridgehead atoms. The van der Waals surface area contributed by atoms with Crippen molar-refractivity contribution in [3.8, 4) is 11.5 Å². The topological polar surface area (TPSA) is 167 Å². The van der Waals surface area contributed by atoms with Gasteiger partial charge >= 0.3 is 0 Å². The van der Waals surface area contributed by atoms with Crippen molar-refractivity contribution in [1.82, 2.24) is 19.8 Å². The van der Waals surface area contributed by atoms with Crippen LogP contribution in [0.1, 0.15) is 38.5 Å². The summed E-state index contributed by atoms with van der Waals surface area (Å²) in [7, 11) is -1.15. The molecule has 1 unspecified atom stereocenters. The van der Waals surface area contributed by atoms with Crippen molar-refractivity contribution in [2.45, 2.75) is 49.5 Å². The summed E-state index contributed by atoms with van der Waals surface area (Å²) in [6.07, 6.45) is 4.31. The number of methoxy groups -OCH3 is 2. The van der Waals surface area contributed by atoms with Crippen LogP contribution in [-0.4, -0.2) is 89.0 Å². The number of hydrogen-bond acceptors (Lipinski definition) is 7. The monoisotopic (exact) mass is 538 g/mol. The lowest BCUT2D eigenvalue weighted by Gasteiger charge is -2.25. The molecule has 12 nitrogen and oxygen atoms in total. The van der Waals surface area contributed by atoms with Crippen molar-refractivity contribution in [3.63, 3.8) is 0 Å². The molecule has 37 heavy (non-hydrogen) atoms. The lowest BCUT2D eigenvalue weighted by atomic mass is 10.0. The highest BCUT2D eigenvalue weighted by Gasteiger charge is 2.32. The molecule has 1 aromatic carbocycles. The third-order valence-corrected chi connectivity index (χ3v) is 8.32. The number of carbonyl (C=O) groups is 2. The zero-order valence-electron chi connectivity index (χ0n) is 21.5. The van der Waals surface area contributed by atoms with Crippen LogP contribution in [0.25, 0.3) is 0 Å². The second-order valence-corrected chi connectivity index (χ2v) is 11.1. The van der Waals surface area contributed by atoms with E-state index in [1.54, 1.807) is 0 Å². The standard InChI is InChI=1S/C24H38N6O6S/c1-35-20-9-8-18(14-21(20)36-2)37(33,34)28-19-7-3-4-11-30(23(19)32)16-22(31)27-15-17-6-5-12-29(13-10-17)24(25)26/h8-9,14,17,19,28H,3-7,10-13,15-16H2,1-2H3,(H3,25,26)(H,27,31)/t17?,19-/m0/s1. The van der Waals surface area contributed by atoms with Crippen LogP contribution < -0.4 is 25.2 Å². The molecule has 2 aliphatic rings.